The fourth-order valence-corrected chi connectivity index (χ4v) is 2.00. The lowest BCUT2D eigenvalue weighted by atomic mass is 10.1. The van der Waals surface area contributed by atoms with Crippen molar-refractivity contribution in [1.82, 2.24) is 5.32 Å². The predicted molar refractivity (Wildman–Crippen MR) is 77.9 cm³/mol. The third-order valence-corrected chi connectivity index (χ3v) is 3.17. The molecular weight excluding hydrogens is 252 g/mol. The van der Waals surface area contributed by atoms with Crippen molar-refractivity contribution in [2.45, 2.75) is 45.2 Å². The molecule has 0 aliphatic heterocycles. The molecule has 0 amide bonds. The molecule has 4 heteroatoms. The summed E-state index contributed by atoms with van der Waals surface area (Å²) in [6.45, 7) is 5.27. The summed E-state index contributed by atoms with van der Waals surface area (Å²) in [5.74, 6) is 1.47. The lowest BCUT2D eigenvalue weighted by Gasteiger charge is -2.16. The Morgan fingerprint density at radius 2 is 2.10 bits per heavy atom. The highest BCUT2D eigenvalue weighted by atomic mass is 16.5. The van der Waals surface area contributed by atoms with Crippen LogP contribution in [0.25, 0.3) is 0 Å². The Labute approximate surface area is 120 Å². The van der Waals surface area contributed by atoms with Crippen LogP contribution in [-0.4, -0.2) is 19.3 Å². The minimum atomic E-state index is -0.276. The van der Waals surface area contributed by atoms with Gasteiger partial charge in [-0.15, -0.1) is 0 Å². The van der Waals surface area contributed by atoms with Crippen molar-refractivity contribution in [2.24, 2.45) is 0 Å². The monoisotopic (exact) mass is 274 g/mol. The first-order valence-electron chi connectivity index (χ1n) is 7.33. The number of nitrogens with zero attached hydrogens (tertiary/aromatic N) is 1. The van der Waals surface area contributed by atoms with Crippen molar-refractivity contribution in [1.29, 1.82) is 5.26 Å². The molecule has 1 atom stereocenters. The first-order valence-corrected chi connectivity index (χ1v) is 7.33. The van der Waals surface area contributed by atoms with Crippen LogP contribution in [0, 0.1) is 11.3 Å². The second-order valence-corrected chi connectivity index (χ2v) is 4.99. The Balaban J connectivity index is 2.16. The van der Waals surface area contributed by atoms with Gasteiger partial charge in [0.2, 0.25) is 0 Å². The largest absolute Gasteiger partial charge is 0.490 e. The molecule has 0 saturated heterocycles. The van der Waals surface area contributed by atoms with E-state index in [0.717, 1.165) is 36.3 Å². The Morgan fingerprint density at radius 3 is 2.70 bits per heavy atom. The molecule has 0 radical (unpaired) electrons. The van der Waals surface area contributed by atoms with E-state index in [0.29, 0.717) is 19.3 Å². The zero-order chi connectivity index (χ0) is 14.4. The molecule has 1 N–H and O–H groups in total. The molecule has 20 heavy (non-hydrogen) atoms. The molecule has 0 aromatic heterocycles. The molecule has 2 rings (SSSR count). The third kappa shape index (κ3) is 3.88. The lowest BCUT2D eigenvalue weighted by molar-refractivity contribution is 0.276. The fraction of sp³-hybridized carbons (Fsp3) is 0.562. The van der Waals surface area contributed by atoms with Crippen molar-refractivity contribution in [2.75, 3.05) is 13.2 Å². The van der Waals surface area contributed by atoms with Gasteiger partial charge in [0.05, 0.1) is 19.3 Å². The molecule has 1 aliphatic rings. The SMILES string of the molecule is CCCOc1ccc(C(C#N)NC2CC2)cc1OCC. The van der Waals surface area contributed by atoms with Crippen LogP contribution in [0.1, 0.15) is 44.7 Å². The highest BCUT2D eigenvalue weighted by Gasteiger charge is 2.25. The van der Waals surface area contributed by atoms with E-state index in [-0.39, 0.29) is 6.04 Å². The maximum Gasteiger partial charge on any atom is 0.161 e. The zero-order valence-electron chi connectivity index (χ0n) is 12.2. The number of hydrogen-bond acceptors (Lipinski definition) is 4. The molecule has 1 aromatic carbocycles. The molecule has 0 spiro atoms. The molecule has 1 saturated carbocycles. The minimum Gasteiger partial charge on any atom is -0.490 e. The molecule has 1 aromatic rings. The second-order valence-electron chi connectivity index (χ2n) is 4.99. The number of nitriles is 1. The van der Waals surface area contributed by atoms with Crippen LogP contribution in [0.4, 0.5) is 0 Å². The molecule has 1 aliphatic carbocycles. The number of ether oxygens (including phenoxy) is 2. The number of hydrogen-bond donors (Lipinski definition) is 1. The molecular formula is C16H22N2O2. The van der Waals surface area contributed by atoms with Crippen LogP contribution in [0.3, 0.4) is 0 Å². The molecule has 1 unspecified atom stereocenters. The average Bonchev–Trinajstić information content (AvgIpc) is 3.28. The third-order valence-electron chi connectivity index (χ3n) is 3.17. The van der Waals surface area contributed by atoms with Gasteiger partial charge in [-0.2, -0.15) is 5.26 Å². The number of nitrogens with one attached hydrogen (secondary N) is 1. The van der Waals surface area contributed by atoms with E-state index in [4.69, 9.17) is 9.47 Å². The van der Waals surface area contributed by atoms with Crippen LogP contribution in [-0.2, 0) is 0 Å². The quantitative estimate of drug-likeness (QED) is 0.791. The zero-order valence-corrected chi connectivity index (χ0v) is 12.2. The Bertz CT molecular complexity index is 478. The molecule has 1 fully saturated rings. The van der Waals surface area contributed by atoms with E-state index in [2.05, 4.69) is 18.3 Å². The summed E-state index contributed by atoms with van der Waals surface area (Å²) >= 11 is 0. The number of rotatable bonds is 8. The van der Waals surface area contributed by atoms with Crippen LogP contribution in [0.15, 0.2) is 18.2 Å². The van der Waals surface area contributed by atoms with E-state index in [9.17, 15) is 5.26 Å². The standard InChI is InChI=1S/C16H22N2O2/c1-3-9-20-15-8-5-12(10-16(15)19-4-2)14(11-17)18-13-6-7-13/h5,8,10,13-14,18H,3-4,6-7,9H2,1-2H3. The van der Waals surface area contributed by atoms with E-state index in [1.165, 1.54) is 0 Å². The maximum absolute atomic E-state index is 9.30. The lowest BCUT2D eigenvalue weighted by Crippen LogP contribution is -2.22. The predicted octanol–water partition coefficient (Wildman–Crippen LogP) is 3.19. The first-order chi connectivity index (χ1) is 9.78. The van der Waals surface area contributed by atoms with Crippen LogP contribution in [0.2, 0.25) is 0 Å². The highest BCUT2D eigenvalue weighted by molar-refractivity contribution is 5.45. The maximum atomic E-state index is 9.30. The summed E-state index contributed by atoms with van der Waals surface area (Å²) in [5, 5.41) is 12.6. The van der Waals surface area contributed by atoms with E-state index >= 15 is 0 Å². The van der Waals surface area contributed by atoms with Crippen LogP contribution < -0.4 is 14.8 Å². The Morgan fingerprint density at radius 1 is 1.30 bits per heavy atom. The molecule has 0 heterocycles. The van der Waals surface area contributed by atoms with Gasteiger partial charge < -0.3 is 9.47 Å². The number of benzene rings is 1. The summed E-state index contributed by atoms with van der Waals surface area (Å²) in [5.41, 5.74) is 0.937. The van der Waals surface area contributed by atoms with Crippen LogP contribution in [0.5, 0.6) is 11.5 Å². The van der Waals surface area contributed by atoms with Gasteiger partial charge in [0.25, 0.3) is 0 Å². The summed E-state index contributed by atoms with van der Waals surface area (Å²) in [7, 11) is 0. The molecule has 108 valence electrons. The van der Waals surface area contributed by atoms with Gasteiger partial charge in [-0.05, 0) is 43.9 Å². The van der Waals surface area contributed by atoms with E-state index in [1.54, 1.807) is 0 Å². The van der Waals surface area contributed by atoms with Gasteiger partial charge >= 0.3 is 0 Å². The van der Waals surface area contributed by atoms with Gasteiger partial charge in [0, 0.05) is 6.04 Å². The second kappa shape index (κ2) is 7.16. The topological polar surface area (TPSA) is 54.3 Å². The Kier molecular flexibility index (Phi) is 5.25. The van der Waals surface area contributed by atoms with Gasteiger partial charge in [-0.3, -0.25) is 5.32 Å². The van der Waals surface area contributed by atoms with Crippen molar-refractivity contribution >= 4 is 0 Å². The van der Waals surface area contributed by atoms with Gasteiger partial charge in [0.15, 0.2) is 11.5 Å². The van der Waals surface area contributed by atoms with E-state index in [1.807, 2.05) is 25.1 Å². The smallest absolute Gasteiger partial charge is 0.161 e. The average molecular weight is 274 g/mol. The molecule has 0 bridgehead atoms. The van der Waals surface area contributed by atoms with Crippen molar-refractivity contribution < 1.29 is 9.47 Å². The Hall–Kier alpha value is -1.73. The summed E-state index contributed by atoms with van der Waals surface area (Å²) < 4.78 is 11.3. The minimum absolute atomic E-state index is 0.276. The normalized spacial score (nSPS) is 15.4. The van der Waals surface area contributed by atoms with Crippen molar-refractivity contribution in [3.63, 3.8) is 0 Å². The summed E-state index contributed by atoms with van der Waals surface area (Å²) in [4.78, 5) is 0. The summed E-state index contributed by atoms with van der Waals surface area (Å²) in [6, 6.07) is 8.28. The highest BCUT2D eigenvalue weighted by Crippen LogP contribution is 2.32. The fourth-order valence-electron chi connectivity index (χ4n) is 2.00. The van der Waals surface area contributed by atoms with E-state index < -0.39 is 0 Å². The van der Waals surface area contributed by atoms with Crippen molar-refractivity contribution in [3.8, 4) is 17.6 Å². The van der Waals surface area contributed by atoms with Gasteiger partial charge in [-0.1, -0.05) is 13.0 Å². The van der Waals surface area contributed by atoms with Crippen molar-refractivity contribution in [3.05, 3.63) is 23.8 Å². The van der Waals surface area contributed by atoms with Gasteiger partial charge in [0.1, 0.15) is 6.04 Å². The van der Waals surface area contributed by atoms with Crippen LogP contribution >= 0.6 is 0 Å². The summed E-state index contributed by atoms with van der Waals surface area (Å²) in [6.07, 6.45) is 3.28. The van der Waals surface area contributed by atoms with Gasteiger partial charge in [-0.25, -0.2) is 0 Å². The first kappa shape index (κ1) is 14.7. The molecule has 4 nitrogen and oxygen atoms in total.